The predicted molar refractivity (Wildman–Crippen MR) is 120 cm³/mol. The first kappa shape index (κ1) is 20.3. The first-order chi connectivity index (χ1) is 15.6. The molecule has 0 N–H and O–H groups in total. The number of amides is 1. The highest BCUT2D eigenvalue weighted by Gasteiger charge is 2.29. The molecule has 0 spiro atoms. The number of pyridine rings is 1. The molecule has 0 bridgehead atoms. The summed E-state index contributed by atoms with van der Waals surface area (Å²) in [5.74, 6) is 2.39. The largest absolute Gasteiger partial charge is 0.497 e. The molecule has 1 atom stereocenters. The van der Waals surface area contributed by atoms with Crippen molar-refractivity contribution in [1.29, 1.82) is 0 Å². The number of carbonyl (C=O) groups is 1. The van der Waals surface area contributed by atoms with Gasteiger partial charge in [0.05, 0.1) is 19.2 Å². The molecule has 1 fully saturated rings. The molecule has 5 rings (SSSR count). The molecule has 7 nitrogen and oxygen atoms in total. The fourth-order valence-electron chi connectivity index (χ4n) is 4.36. The maximum Gasteiger partial charge on any atom is 0.274 e. The van der Waals surface area contributed by atoms with Crippen LogP contribution in [0.15, 0.2) is 59.4 Å². The molecule has 7 heteroatoms. The summed E-state index contributed by atoms with van der Waals surface area (Å²) in [5.41, 5.74) is 3.45. The van der Waals surface area contributed by atoms with Crippen molar-refractivity contribution in [3.05, 3.63) is 83.5 Å². The van der Waals surface area contributed by atoms with Crippen LogP contribution in [0.1, 0.15) is 52.0 Å². The van der Waals surface area contributed by atoms with Gasteiger partial charge in [0.2, 0.25) is 0 Å². The Morgan fingerprint density at radius 1 is 1.28 bits per heavy atom. The summed E-state index contributed by atoms with van der Waals surface area (Å²) in [6.07, 6.45) is 8.04. The van der Waals surface area contributed by atoms with Crippen molar-refractivity contribution < 1.29 is 13.9 Å². The Kier molecular flexibility index (Phi) is 5.39. The number of benzene rings is 1. The lowest BCUT2D eigenvalue weighted by atomic mass is 9.98. The van der Waals surface area contributed by atoms with Crippen molar-refractivity contribution in [3.63, 3.8) is 0 Å². The normalized spacial score (nSPS) is 16.4. The van der Waals surface area contributed by atoms with Gasteiger partial charge in [0.1, 0.15) is 22.9 Å². The zero-order valence-electron chi connectivity index (χ0n) is 18.3. The molecule has 32 heavy (non-hydrogen) atoms. The molecule has 1 aliphatic rings. The van der Waals surface area contributed by atoms with Gasteiger partial charge >= 0.3 is 0 Å². The summed E-state index contributed by atoms with van der Waals surface area (Å²) < 4.78 is 13.3. The van der Waals surface area contributed by atoms with Gasteiger partial charge in [0.15, 0.2) is 5.89 Å². The minimum atomic E-state index is -0.0408. The zero-order valence-corrected chi connectivity index (χ0v) is 18.3. The fraction of sp³-hybridized carbons (Fsp3) is 0.320. The number of likely N-dealkylation sites (tertiary alicyclic amines) is 1. The van der Waals surface area contributed by atoms with Crippen LogP contribution in [-0.4, -0.2) is 45.4 Å². The average Bonchev–Trinajstić information content (AvgIpc) is 3.47. The molecule has 0 radical (unpaired) electrons. The van der Waals surface area contributed by atoms with Crippen molar-refractivity contribution >= 4 is 11.6 Å². The Morgan fingerprint density at radius 3 is 3.03 bits per heavy atom. The molecule has 4 aromatic rings. The molecule has 164 valence electrons. The number of imidazole rings is 1. The van der Waals surface area contributed by atoms with Crippen molar-refractivity contribution in [2.75, 3.05) is 20.2 Å². The smallest absolute Gasteiger partial charge is 0.274 e. The first-order valence-electron chi connectivity index (χ1n) is 10.9. The van der Waals surface area contributed by atoms with Crippen molar-refractivity contribution in [3.8, 4) is 5.75 Å². The van der Waals surface area contributed by atoms with E-state index in [4.69, 9.17) is 9.15 Å². The standard InChI is InChI=1S/C25H26N4O3/c1-17-6-4-10-28-16-22(27-23(17)28)25(30)29-11-5-8-19(15-29)24-26-14-21(32-24)13-18-7-3-9-20(12-18)31-2/h3-4,6-7,9-10,12,14,16,19H,5,8,11,13,15H2,1-2H3/t19-/m0/s1. The van der Waals surface area contributed by atoms with Crippen LogP contribution in [0.3, 0.4) is 0 Å². The van der Waals surface area contributed by atoms with Gasteiger partial charge in [-0.3, -0.25) is 4.79 Å². The summed E-state index contributed by atoms with van der Waals surface area (Å²) in [6, 6.07) is 11.9. The number of nitrogens with zero attached hydrogens (tertiary/aromatic N) is 4. The molecule has 0 unspecified atom stereocenters. The number of hydrogen-bond donors (Lipinski definition) is 0. The number of piperidine rings is 1. The lowest BCUT2D eigenvalue weighted by Gasteiger charge is -2.30. The second kappa shape index (κ2) is 8.49. The van der Waals surface area contributed by atoms with Gasteiger partial charge in [-0.2, -0.15) is 0 Å². The number of methoxy groups -OCH3 is 1. The van der Waals surface area contributed by atoms with E-state index in [1.165, 1.54) is 0 Å². The number of aromatic nitrogens is 3. The van der Waals surface area contributed by atoms with Gasteiger partial charge in [-0.05, 0) is 49.1 Å². The Bertz CT molecular complexity index is 1260. The van der Waals surface area contributed by atoms with Crippen LogP contribution in [-0.2, 0) is 6.42 Å². The molecular formula is C25H26N4O3. The molecule has 1 amide bonds. The second-order valence-corrected chi connectivity index (χ2v) is 8.33. The van der Waals surface area contributed by atoms with E-state index in [-0.39, 0.29) is 11.8 Å². The quantitative estimate of drug-likeness (QED) is 0.473. The van der Waals surface area contributed by atoms with Crippen LogP contribution in [0.5, 0.6) is 5.75 Å². The lowest BCUT2D eigenvalue weighted by Crippen LogP contribution is -2.39. The topological polar surface area (TPSA) is 72.9 Å². The number of aryl methyl sites for hydroxylation is 1. The van der Waals surface area contributed by atoms with Gasteiger partial charge in [-0.15, -0.1) is 0 Å². The number of carbonyl (C=O) groups excluding carboxylic acids is 1. The van der Waals surface area contributed by atoms with E-state index in [0.29, 0.717) is 24.6 Å². The molecule has 0 saturated carbocycles. The summed E-state index contributed by atoms with van der Waals surface area (Å²) in [6.45, 7) is 3.31. The monoisotopic (exact) mass is 430 g/mol. The molecule has 1 aromatic carbocycles. The van der Waals surface area contributed by atoms with Crippen LogP contribution < -0.4 is 4.74 Å². The Morgan fingerprint density at radius 2 is 2.19 bits per heavy atom. The molecular weight excluding hydrogens is 404 g/mol. The van der Waals surface area contributed by atoms with Gasteiger partial charge < -0.3 is 18.5 Å². The zero-order chi connectivity index (χ0) is 22.1. The highest BCUT2D eigenvalue weighted by atomic mass is 16.5. The minimum absolute atomic E-state index is 0.0408. The molecule has 1 saturated heterocycles. The lowest BCUT2D eigenvalue weighted by molar-refractivity contribution is 0.0692. The van der Waals surface area contributed by atoms with E-state index < -0.39 is 0 Å². The molecule has 0 aliphatic carbocycles. The highest BCUT2D eigenvalue weighted by molar-refractivity contribution is 5.93. The third-order valence-corrected chi connectivity index (χ3v) is 6.04. The highest BCUT2D eigenvalue weighted by Crippen LogP contribution is 2.28. The van der Waals surface area contributed by atoms with E-state index in [0.717, 1.165) is 47.7 Å². The maximum atomic E-state index is 13.2. The van der Waals surface area contributed by atoms with E-state index in [1.54, 1.807) is 13.3 Å². The van der Waals surface area contributed by atoms with Crippen LogP contribution in [0.25, 0.3) is 5.65 Å². The Balaban J connectivity index is 1.29. The van der Waals surface area contributed by atoms with Crippen LogP contribution >= 0.6 is 0 Å². The van der Waals surface area contributed by atoms with E-state index in [2.05, 4.69) is 9.97 Å². The predicted octanol–water partition coefficient (Wildman–Crippen LogP) is 4.25. The number of fused-ring (bicyclic) bond motifs is 1. The van der Waals surface area contributed by atoms with Crippen molar-refractivity contribution in [2.24, 2.45) is 0 Å². The summed E-state index contributed by atoms with van der Waals surface area (Å²) in [4.78, 5) is 24.1. The summed E-state index contributed by atoms with van der Waals surface area (Å²) in [7, 11) is 1.66. The van der Waals surface area contributed by atoms with Crippen LogP contribution in [0, 0.1) is 6.92 Å². The fourth-order valence-corrected chi connectivity index (χ4v) is 4.36. The summed E-state index contributed by atoms with van der Waals surface area (Å²) >= 11 is 0. The van der Waals surface area contributed by atoms with E-state index in [1.807, 2.05) is 65.0 Å². The number of oxazole rings is 1. The molecule has 3 aromatic heterocycles. The van der Waals surface area contributed by atoms with E-state index >= 15 is 0 Å². The Hall–Kier alpha value is -3.61. The molecule has 1 aliphatic heterocycles. The van der Waals surface area contributed by atoms with Crippen molar-refractivity contribution in [2.45, 2.75) is 32.1 Å². The number of rotatable bonds is 5. The third-order valence-electron chi connectivity index (χ3n) is 6.04. The van der Waals surface area contributed by atoms with Crippen LogP contribution in [0.2, 0.25) is 0 Å². The van der Waals surface area contributed by atoms with Gasteiger partial charge in [-0.25, -0.2) is 9.97 Å². The van der Waals surface area contributed by atoms with E-state index in [9.17, 15) is 4.79 Å². The van der Waals surface area contributed by atoms with Crippen molar-refractivity contribution in [1.82, 2.24) is 19.3 Å². The van der Waals surface area contributed by atoms with Gasteiger partial charge in [-0.1, -0.05) is 18.2 Å². The Labute approximate surface area is 186 Å². The van der Waals surface area contributed by atoms with Gasteiger partial charge in [0.25, 0.3) is 5.91 Å². The van der Waals surface area contributed by atoms with Gasteiger partial charge in [0, 0.05) is 31.9 Å². The average molecular weight is 431 g/mol. The SMILES string of the molecule is COc1cccc(Cc2cnc([C@H]3CCCN(C(=O)c4cn5cccc(C)c5n4)C3)o2)c1. The first-order valence-corrected chi connectivity index (χ1v) is 10.9. The minimum Gasteiger partial charge on any atom is -0.497 e. The summed E-state index contributed by atoms with van der Waals surface area (Å²) in [5, 5.41) is 0. The number of ether oxygens (including phenoxy) is 1. The molecule has 4 heterocycles. The third kappa shape index (κ3) is 3.98. The maximum absolute atomic E-state index is 13.2. The van der Waals surface area contributed by atoms with Crippen LogP contribution in [0.4, 0.5) is 0 Å². The number of hydrogen-bond acceptors (Lipinski definition) is 5. The second-order valence-electron chi connectivity index (χ2n) is 8.33.